The zero-order valence-electron chi connectivity index (χ0n) is 14.5. The Morgan fingerprint density at radius 3 is 2.92 bits per heavy atom. The van der Waals surface area contributed by atoms with E-state index in [1.165, 1.54) is 6.33 Å². The number of hydrogen-bond acceptors (Lipinski definition) is 5. The molecule has 0 saturated carbocycles. The normalized spacial score (nSPS) is 16.8. The molecule has 6 heteroatoms. The number of thioether (sulfide) groups is 1. The molecule has 132 valence electrons. The summed E-state index contributed by atoms with van der Waals surface area (Å²) < 4.78 is 5.77. The summed E-state index contributed by atoms with van der Waals surface area (Å²) in [6.45, 7) is 2.84. The minimum Gasteiger partial charge on any atom is -0.467 e. The summed E-state index contributed by atoms with van der Waals surface area (Å²) in [6.07, 6.45) is 2.41. The van der Waals surface area contributed by atoms with Crippen molar-refractivity contribution in [3.63, 3.8) is 0 Å². The smallest absolute Gasteiger partial charge is 0.265 e. The van der Waals surface area contributed by atoms with E-state index in [4.69, 9.17) is 4.74 Å². The van der Waals surface area contributed by atoms with Gasteiger partial charge in [-0.3, -0.25) is 4.79 Å². The summed E-state index contributed by atoms with van der Waals surface area (Å²) in [7, 11) is 0. The Kier molecular flexibility index (Phi) is 4.75. The molecule has 0 fully saturated rings. The van der Waals surface area contributed by atoms with Crippen molar-refractivity contribution in [2.45, 2.75) is 23.5 Å². The molecule has 1 atom stereocenters. The Bertz CT molecular complexity index is 942. The van der Waals surface area contributed by atoms with Crippen LogP contribution in [0.2, 0.25) is 0 Å². The van der Waals surface area contributed by atoms with E-state index in [0.29, 0.717) is 17.7 Å². The number of rotatable bonds is 3. The quantitative estimate of drug-likeness (QED) is 0.704. The van der Waals surface area contributed by atoms with E-state index in [-0.39, 0.29) is 12.5 Å². The molecule has 1 aromatic heterocycles. The first kappa shape index (κ1) is 16.8. The molecule has 3 aromatic rings. The molecule has 0 saturated heterocycles. The lowest BCUT2D eigenvalue weighted by atomic mass is 10.2. The lowest BCUT2D eigenvalue weighted by Crippen LogP contribution is -2.36. The summed E-state index contributed by atoms with van der Waals surface area (Å²) in [5.41, 5.74) is 1.76. The molecule has 0 bridgehead atoms. The first-order valence-corrected chi connectivity index (χ1v) is 9.49. The molecule has 0 spiro atoms. The van der Waals surface area contributed by atoms with Crippen molar-refractivity contribution in [1.82, 2.24) is 9.97 Å². The van der Waals surface area contributed by atoms with E-state index in [1.54, 1.807) is 0 Å². The Morgan fingerprint density at radius 1 is 1.19 bits per heavy atom. The van der Waals surface area contributed by atoms with Crippen molar-refractivity contribution in [1.29, 1.82) is 0 Å². The molecule has 0 radical (unpaired) electrons. The molecule has 0 N–H and O–H groups in total. The number of aromatic nitrogens is 2. The van der Waals surface area contributed by atoms with Crippen LogP contribution in [0.4, 0.5) is 5.69 Å². The van der Waals surface area contributed by atoms with Crippen molar-refractivity contribution < 1.29 is 9.53 Å². The molecule has 5 nitrogen and oxygen atoms in total. The van der Waals surface area contributed by atoms with Crippen LogP contribution < -0.4 is 9.64 Å². The Labute approximate surface area is 156 Å². The van der Waals surface area contributed by atoms with Gasteiger partial charge in [0.15, 0.2) is 6.61 Å². The largest absolute Gasteiger partial charge is 0.467 e. The third kappa shape index (κ3) is 3.37. The second-order valence-electron chi connectivity index (χ2n) is 6.21. The number of carbonyl (C=O) groups is 1. The maximum Gasteiger partial charge on any atom is 0.265 e. The number of carbonyl (C=O) groups excluding carboxylic acids is 1. The molecule has 2 aromatic carbocycles. The Hall–Kier alpha value is -2.60. The average molecular weight is 365 g/mol. The van der Waals surface area contributed by atoms with Gasteiger partial charge in [0.1, 0.15) is 6.33 Å². The van der Waals surface area contributed by atoms with Crippen molar-refractivity contribution in [2.75, 3.05) is 18.1 Å². The molecule has 1 aliphatic heterocycles. The van der Waals surface area contributed by atoms with Gasteiger partial charge < -0.3 is 9.64 Å². The molecular formula is C20H19N3O2S. The highest BCUT2D eigenvalue weighted by Crippen LogP contribution is 2.37. The number of nitrogens with zero attached hydrogens (tertiary/aromatic N) is 3. The van der Waals surface area contributed by atoms with Crippen LogP contribution in [0.15, 0.2) is 59.8 Å². The van der Waals surface area contributed by atoms with E-state index in [0.717, 1.165) is 27.9 Å². The van der Waals surface area contributed by atoms with Crippen LogP contribution >= 0.6 is 11.8 Å². The summed E-state index contributed by atoms with van der Waals surface area (Å²) in [5.74, 6) is 0.379. The summed E-state index contributed by atoms with van der Waals surface area (Å²) in [4.78, 5) is 24.3. The predicted octanol–water partition coefficient (Wildman–Crippen LogP) is 3.93. The number of hydrogen-bond donors (Lipinski definition) is 0. The fourth-order valence-corrected chi connectivity index (χ4v) is 4.16. The van der Waals surface area contributed by atoms with Crippen LogP contribution in [-0.4, -0.2) is 34.3 Å². The number of anilines is 1. The van der Waals surface area contributed by atoms with E-state index in [1.807, 2.05) is 59.1 Å². The van der Waals surface area contributed by atoms with Gasteiger partial charge in [0, 0.05) is 16.7 Å². The van der Waals surface area contributed by atoms with Gasteiger partial charge in [-0.15, -0.1) is 11.8 Å². The van der Waals surface area contributed by atoms with E-state index < -0.39 is 0 Å². The van der Waals surface area contributed by atoms with Gasteiger partial charge in [0.05, 0.1) is 16.6 Å². The van der Waals surface area contributed by atoms with Crippen molar-refractivity contribution in [2.24, 2.45) is 0 Å². The lowest BCUT2D eigenvalue weighted by molar-refractivity contribution is -0.120. The number of benzene rings is 2. The highest BCUT2D eigenvalue weighted by Gasteiger charge is 2.24. The Balaban J connectivity index is 1.55. The molecule has 0 unspecified atom stereocenters. The molecular weight excluding hydrogens is 346 g/mol. The monoisotopic (exact) mass is 365 g/mol. The molecule has 2 heterocycles. The topological polar surface area (TPSA) is 55.3 Å². The highest BCUT2D eigenvalue weighted by molar-refractivity contribution is 8.00. The van der Waals surface area contributed by atoms with Gasteiger partial charge in [0.2, 0.25) is 5.88 Å². The number of ether oxygens (including phenoxy) is 1. The molecule has 4 rings (SSSR count). The van der Waals surface area contributed by atoms with Crippen LogP contribution in [0.5, 0.6) is 5.88 Å². The fourth-order valence-electron chi connectivity index (χ4n) is 3.05. The molecule has 0 aliphatic carbocycles. The third-order valence-corrected chi connectivity index (χ3v) is 5.62. The first-order chi connectivity index (χ1) is 12.7. The molecule has 1 amide bonds. The van der Waals surface area contributed by atoms with Crippen LogP contribution in [0, 0.1) is 0 Å². The minimum absolute atomic E-state index is 0.0472. The van der Waals surface area contributed by atoms with Gasteiger partial charge in [-0.25, -0.2) is 9.97 Å². The second-order valence-corrected chi connectivity index (χ2v) is 7.70. The summed E-state index contributed by atoms with van der Waals surface area (Å²) in [5, 5.41) is 1.28. The third-order valence-electron chi connectivity index (χ3n) is 4.38. The average Bonchev–Trinajstić information content (AvgIpc) is 2.84. The lowest BCUT2D eigenvalue weighted by Gasteiger charge is -2.22. The van der Waals surface area contributed by atoms with E-state index in [2.05, 4.69) is 23.0 Å². The number of fused-ring (bicyclic) bond motifs is 2. The second kappa shape index (κ2) is 7.33. The predicted molar refractivity (Wildman–Crippen MR) is 104 cm³/mol. The maximum absolute atomic E-state index is 12.9. The van der Waals surface area contributed by atoms with Gasteiger partial charge in [-0.2, -0.15) is 0 Å². The van der Waals surface area contributed by atoms with Gasteiger partial charge in [-0.05, 0) is 30.7 Å². The SMILES string of the molecule is C[C@H]1CCN(C(=O)COc2ncnc3ccccc23)c2ccccc2S1. The van der Waals surface area contributed by atoms with Gasteiger partial charge in [0.25, 0.3) is 5.91 Å². The van der Waals surface area contributed by atoms with Crippen LogP contribution in [0.1, 0.15) is 13.3 Å². The highest BCUT2D eigenvalue weighted by atomic mass is 32.2. The summed E-state index contributed by atoms with van der Waals surface area (Å²) in [6, 6.07) is 15.7. The van der Waals surface area contributed by atoms with Crippen LogP contribution in [0.25, 0.3) is 10.9 Å². The minimum atomic E-state index is -0.0603. The zero-order valence-corrected chi connectivity index (χ0v) is 15.3. The first-order valence-electron chi connectivity index (χ1n) is 8.61. The zero-order chi connectivity index (χ0) is 17.9. The van der Waals surface area contributed by atoms with Crippen molar-refractivity contribution >= 4 is 34.3 Å². The standard InChI is InChI=1S/C20H19N3O2S/c1-14-10-11-23(17-8-4-5-9-18(17)26-14)19(24)12-25-20-15-6-2-3-7-16(15)21-13-22-20/h2-9,13-14H,10-12H2,1H3/t14-/m0/s1. The van der Waals surface area contributed by atoms with Crippen molar-refractivity contribution in [3.05, 3.63) is 54.9 Å². The molecule has 26 heavy (non-hydrogen) atoms. The molecule has 1 aliphatic rings. The van der Waals surface area contributed by atoms with Crippen LogP contribution in [0.3, 0.4) is 0 Å². The maximum atomic E-state index is 12.9. The van der Waals surface area contributed by atoms with Gasteiger partial charge >= 0.3 is 0 Å². The number of para-hydroxylation sites is 2. The summed E-state index contributed by atoms with van der Waals surface area (Å²) >= 11 is 1.81. The Morgan fingerprint density at radius 2 is 2.00 bits per heavy atom. The van der Waals surface area contributed by atoms with E-state index in [9.17, 15) is 4.79 Å². The number of amides is 1. The van der Waals surface area contributed by atoms with Gasteiger partial charge in [-0.1, -0.05) is 31.2 Å². The van der Waals surface area contributed by atoms with Crippen molar-refractivity contribution in [3.8, 4) is 5.88 Å². The van der Waals surface area contributed by atoms with E-state index >= 15 is 0 Å². The van der Waals surface area contributed by atoms with Crippen LogP contribution in [-0.2, 0) is 4.79 Å². The fraction of sp³-hybridized carbons (Fsp3) is 0.250.